The van der Waals surface area contributed by atoms with Crippen molar-refractivity contribution in [3.63, 3.8) is 0 Å². The molecule has 1 aliphatic heterocycles. The molecule has 4 saturated carbocycles. The Bertz CT molecular complexity index is 650. The van der Waals surface area contributed by atoms with Crippen LogP contribution in [0, 0.1) is 0 Å². The maximum Gasteiger partial charge on any atom is 0.237 e. The molecule has 0 N–H and O–H groups in total. The topological polar surface area (TPSA) is 47.1 Å². The van der Waals surface area contributed by atoms with Crippen molar-refractivity contribution < 1.29 is 9.59 Å². The number of hydrogen-bond donors (Lipinski definition) is 0. The summed E-state index contributed by atoms with van der Waals surface area (Å²) < 4.78 is 0. The summed E-state index contributed by atoms with van der Waals surface area (Å²) in [5.41, 5.74) is 0. The first-order valence-electron chi connectivity index (χ1n) is 13.2. The molecule has 1 atom stereocenters. The lowest BCUT2D eigenvalue weighted by Gasteiger charge is -2.41. The second-order valence-electron chi connectivity index (χ2n) is 11.0. The fourth-order valence-corrected chi connectivity index (χ4v) is 6.46. The maximum absolute atomic E-state index is 13.2. The summed E-state index contributed by atoms with van der Waals surface area (Å²) in [5, 5.41) is 0. The molecule has 0 radical (unpaired) electrons. The Labute approximate surface area is 188 Å². The Balaban J connectivity index is 1.12. The van der Waals surface area contributed by atoms with E-state index in [0.717, 1.165) is 19.6 Å². The zero-order valence-corrected chi connectivity index (χ0v) is 19.5. The smallest absolute Gasteiger partial charge is 0.237 e. The second-order valence-corrected chi connectivity index (χ2v) is 11.0. The standard InChI is InChI=1S/C25H42N4O2/c1-19-16-26(17-24(30)28(22-10-11-22)20-6-2-3-7-20)14-15-27(19)18-25(31)29(23-12-13-23)21-8-4-5-9-21/h19-23H,2-18H2,1H3. The van der Waals surface area contributed by atoms with E-state index in [9.17, 15) is 9.59 Å². The van der Waals surface area contributed by atoms with Crippen molar-refractivity contribution >= 4 is 11.8 Å². The van der Waals surface area contributed by atoms with Gasteiger partial charge >= 0.3 is 0 Å². The minimum Gasteiger partial charge on any atom is -0.336 e. The predicted molar refractivity (Wildman–Crippen MR) is 122 cm³/mol. The Morgan fingerprint density at radius 2 is 1.13 bits per heavy atom. The largest absolute Gasteiger partial charge is 0.336 e. The fraction of sp³-hybridized carbons (Fsp3) is 0.920. The normalized spacial score (nSPS) is 28.9. The highest BCUT2D eigenvalue weighted by Crippen LogP contribution is 2.36. The summed E-state index contributed by atoms with van der Waals surface area (Å²) in [5.74, 6) is 0.708. The number of carbonyl (C=O) groups is 2. The summed E-state index contributed by atoms with van der Waals surface area (Å²) in [4.78, 5) is 35.6. The van der Waals surface area contributed by atoms with Gasteiger partial charge in [0.1, 0.15) is 0 Å². The van der Waals surface area contributed by atoms with Crippen LogP contribution in [0.25, 0.3) is 0 Å². The number of rotatable bonds is 8. The van der Waals surface area contributed by atoms with Gasteiger partial charge in [0.05, 0.1) is 13.1 Å². The van der Waals surface area contributed by atoms with Crippen molar-refractivity contribution in [1.29, 1.82) is 0 Å². The van der Waals surface area contributed by atoms with Gasteiger partial charge in [-0.1, -0.05) is 25.7 Å². The third-order valence-corrected chi connectivity index (χ3v) is 8.44. The lowest BCUT2D eigenvalue weighted by molar-refractivity contribution is -0.139. The monoisotopic (exact) mass is 430 g/mol. The van der Waals surface area contributed by atoms with Crippen LogP contribution in [0.15, 0.2) is 0 Å². The molecule has 174 valence electrons. The predicted octanol–water partition coefficient (Wildman–Crippen LogP) is 2.86. The van der Waals surface area contributed by atoms with Gasteiger partial charge in [-0.2, -0.15) is 0 Å². The summed E-state index contributed by atoms with van der Waals surface area (Å²) in [6.45, 7) is 6.06. The highest BCUT2D eigenvalue weighted by molar-refractivity contribution is 5.80. The lowest BCUT2D eigenvalue weighted by Crippen LogP contribution is -2.57. The molecule has 1 heterocycles. The van der Waals surface area contributed by atoms with Crippen LogP contribution in [0.3, 0.4) is 0 Å². The van der Waals surface area contributed by atoms with E-state index in [2.05, 4.69) is 26.5 Å². The average Bonchev–Trinajstić information content (AvgIpc) is 3.63. The van der Waals surface area contributed by atoms with E-state index in [4.69, 9.17) is 0 Å². The molecule has 0 aromatic carbocycles. The molecule has 0 spiro atoms. The van der Waals surface area contributed by atoms with Gasteiger partial charge in [-0.05, 0) is 58.3 Å². The van der Waals surface area contributed by atoms with Crippen molar-refractivity contribution in [3.05, 3.63) is 0 Å². The first-order valence-corrected chi connectivity index (χ1v) is 13.2. The Morgan fingerprint density at radius 3 is 1.58 bits per heavy atom. The van der Waals surface area contributed by atoms with Gasteiger partial charge in [0.25, 0.3) is 0 Å². The Kier molecular flexibility index (Phi) is 6.57. The van der Waals surface area contributed by atoms with E-state index in [0.29, 0.717) is 55.1 Å². The molecular weight excluding hydrogens is 388 g/mol. The third kappa shape index (κ3) is 5.11. The molecule has 5 aliphatic rings. The van der Waals surface area contributed by atoms with E-state index >= 15 is 0 Å². The summed E-state index contributed by atoms with van der Waals surface area (Å²) in [7, 11) is 0. The van der Waals surface area contributed by atoms with Gasteiger partial charge in [0.15, 0.2) is 0 Å². The molecule has 6 nitrogen and oxygen atoms in total. The van der Waals surface area contributed by atoms with Gasteiger partial charge in [0, 0.05) is 49.8 Å². The molecule has 0 aromatic heterocycles. The average molecular weight is 431 g/mol. The molecular formula is C25H42N4O2. The summed E-state index contributed by atoms with van der Waals surface area (Å²) in [6, 6.07) is 2.37. The minimum atomic E-state index is 0.330. The van der Waals surface area contributed by atoms with Crippen LogP contribution < -0.4 is 0 Å². The van der Waals surface area contributed by atoms with E-state index < -0.39 is 0 Å². The zero-order valence-electron chi connectivity index (χ0n) is 19.5. The van der Waals surface area contributed by atoms with Crippen molar-refractivity contribution in [2.24, 2.45) is 0 Å². The van der Waals surface area contributed by atoms with Crippen LogP contribution in [-0.4, -0.2) is 94.3 Å². The van der Waals surface area contributed by atoms with Crippen LogP contribution >= 0.6 is 0 Å². The van der Waals surface area contributed by atoms with Gasteiger partial charge in [-0.15, -0.1) is 0 Å². The second kappa shape index (κ2) is 9.38. The highest BCUT2D eigenvalue weighted by Gasteiger charge is 2.41. The SMILES string of the molecule is CC1CN(CC(=O)N(C2CCCC2)C2CC2)CCN1CC(=O)N(C1CCCC1)C1CC1. The molecule has 5 rings (SSSR count). The van der Waals surface area contributed by atoms with E-state index in [1.54, 1.807) is 0 Å². The van der Waals surface area contributed by atoms with Crippen molar-refractivity contribution in [2.45, 2.75) is 114 Å². The van der Waals surface area contributed by atoms with Crippen molar-refractivity contribution in [2.75, 3.05) is 32.7 Å². The van der Waals surface area contributed by atoms with Crippen molar-refractivity contribution in [1.82, 2.24) is 19.6 Å². The quantitative estimate of drug-likeness (QED) is 0.594. The van der Waals surface area contributed by atoms with E-state index in [-0.39, 0.29) is 0 Å². The van der Waals surface area contributed by atoms with Crippen LogP contribution in [0.2, 0.25) is 0 Å². The summed E-state index contributed by atoms with van der Waals surface area (Å²) in [6.07, 6.45) is 14.7. The van der Waals surface area contributed by atoms with E-state index in [1.165, 1.54) is 77.0 Å². The van der Waals surface area contributed by atoms with Crippen LogP contribution in [0.5, 0.6) is 0 Å². The molecule has 1 saturated heterocycles. The van der Waals surface area contributed by atoms with E-state index in [1.807, 2.05) is 0 Å². The zero-order chi connectivity index (χ0) is 21.4. The first-order chi connectivity index (χ1) is 15.1. The molecule has 0 aromatic rings. The molecule has 2 amide bonds. The number of carbonyl (C=O) groups excluding carboxylic acids is 2. The number of piperazine rings is 1. The van der Waals surface area contributed by atoms with Gasteiger partial charge in [-0.3, -0.25) is 19.4 Å². The number of amides is 2. The first kappa shape index (κ1) is 21.7. The molecule has 4 aliphatic carbocycles. The Hall–Kier alpha value is -1.14. The van der Waals surface area contributed by atoms with Crippen LogP contribution in [0.4, 0.5) is 0 Å². The molecule has 31 heavy (non-hydrogen) atoms. The molecule has 5 fully saturated rings. The van der Waals surface area contributed by atoms with Gasteiger partial charge in [0.2, 0.25) is 11.8 Å². The molecule has 0 bridgehead atoms. The third-order valence-electron chi connectivity index (χ3n) is 8.44. The maximum atomic E-state index is 13.2. The molecule has 1 unspecified atom stereocenters. The minimum absolute atomic E-state index is 0.330. The van der Waals surface area contributed by atoms with Crippen LogP contribution in [0.1, 0.15) is 84.0 Å². The van der Waals surface area contributed by atoms with Gasteiger partial charge in [-0.25, -0.2) is 0 Å². The van der Waals surface area contributed by atoms with Crippen molar-refractivity contribution in [3.8, 4) is 0 Å². The number of hydrogen-bond acceptors (Lipinski definition) is 4. The van der Waals surface area contributed by atoms with Gasteiger partial charge < -0.3 is 9.80 Å². The van der Waals surface area contributed by atoms with Crippen LogP contribution in [-0.2, 0) is 9.59 Å². The summed E-state index contributed by atoms with van der Waals surface area (Å²) >= 11 is 0. The fourth-order valence-electron chi connectivity index (χ4n) is 6.46. The molecule has 6 heteroatoms. The highest BCUT2D eigenvalue weighted by atomic mass is 16.2. The number of nitrogens with zero attached hydrogens (tertiary/aromatic N) is 4. The lowest BCUT2D eigenvalue weighted by atomic mass is 10.1. The Morgan fingerprint density at radius 1 is 0.677 bits per heavy atom.